The minimum atomic E-state index is -0.0490. The van der Waals surface area contributed by atoms with Crippen molar-refractivity contribution >= 4 is 28.6 Å². The second-order valence-electron chi connectivity index (χ2n) is 8.80. The highest BCUT2D eigenvalue weighted by atomic mass is 16.1. The molecule has 0 radical (unpaired) electrons. The largest absolute Gasteiger partial charge is 0.363 e. The topological polar surface area (TPSA) is 88.2 Å². The molecule has 4 heterocycles. The lowest BCUT2D eigenvalue weighted by atomic mass is 10.0. The summed E-state index contributed by atoms with van der Waals surface area (Å²) in [4.78, 5) is 33.2. The first-order valence-electron chi connectivity index (χ1n) is 10.9. The average Bonchev–Trinajstić information content (AvgIpc) is 3.52. The van der Waals surface area contributed by atoms with E-state index in [0.717, 1.165) is 37.6 Å². The molecule has 10 heteroatoms. The molecule has 0 atom stereocenters. The zero-order valence-corrected chi connectivity index (χ0v) is 18.6. The molecular formula is C21H29N9O. The number of hydrogen-bond acceptors (Lipinski definition) is 8. The summed E-state index contributed by atoms with van der Waals surface area (Å²) in [6.07, 6.45) is 7.82. The van der Waals surface area contributed by atoms with Crippen LogP contribution in [-0.4, -0.2) is 68.6 Å². The van der Waals surface area contributed by atoms with Crippen LogP contribution >= 0.6 is 0 Å². The number of rotatable bonds is 5. The van der Waals surface area contributed by atoms with Gasteiger partial charge in [0.25, 0.3) is 5.56 Å². The summed E-state index contributed by atoms with van der Waals surface area (Å²) < 4.78 is 3.29. The second kappa shape index (κ2) is 7.51. The molecule has 31 heavy (non-hydrogen) atoms. The van der Waals surface area contributed by atoms with Gasteiger partial charge in [-0.2, -0.15) is 10.1 Å². The highest BCUT2D eigenvalue weighted by Crippen LogP contribution is 2.36. The normalized spacial score (nSPS) is 17.4. The summed E-state index contributed by atoms with van der Waals surface area (Å²) in [5, 5.41) is 4.91. The maximum Gasteiger partial charge on any atom is 0.265 e. The molecule has 1 aliphatic carbocycles. The van der Waals surface area contributed by atoms with E-state index in [-0.39, 0.29) is 5.56 Å². The van der Waals surface area contributed by atoms with Gasteiger partial charge in [0.15, 0.2) is 5.65 Å². The van der Waals surface area contributed by atoms with Gasteiger partial charge in [0, 0.05) is 65.6 Å². The van der Waals surface area contributed by atoms with Gasteiger partial charge in [0.2, 0.25) is 5.95 Å². The molecule has 0 bridgehead atoms. The van der Waals surface area contributed by atoms with Crippen molar-refractivity contribution in [3.8, 4) is 0 Å². The van der Waals surface area contributed by atoms with Gasteiger partial charge in [0.05, 0.1) is 0 Å². The molecule has 10 nitrogen and oxygen atoms in total. The smallest absolute Gasteiger partial charge is 0.265 e. The van der Waals surface area contributed by atoms with Crippen LogP contribution in [0.2, 0.25) is 0 Å². The van der Waals surface area contributed by atoms with E-state index in [0.29, 0.717) is 29.1 Å². The molecule has 1 aliphatic heterocycles. The van der Waals surface area contributed by atoms with Gasteiger partial charge in [-0.3, -0.25) is 14.0 Å². The summed E-state index contributed by atoms with van der Waals surface area (Å²) in [5.74, 6) is 2.64. The van der Waals surface area contributed by atoms with Crippen LogP contribution in [0.15, 0.2) is 23.4 Å². The molecule has 0 N–H and O–H groups in total. The standard InChI is InChI=1S/C21H29N9O/c1-26(2)17-11-18(23-13-22-17)30(14-5-6-14)15-7-9-29(10-8-15)21-24-19-16(12-27(3)25-19)20(31)28(21)4/h11-15H,5-10H2,1-4H3. The predicted molar refractivity (Wildman–Crippen MR) is 121 cm³/mol. The fourth-order valence-electron chi connectivity index (χ4n) is 4.53. The Morgan fingerprint density at radius 2 is 1.68 bits per heavy atom. The van der Waals surface area contributed by atoms with Crippen molar-refractivity contribution < 1.29 is 0 Å². The molecule has 1 saturated heterocycles. The predicted octanol–water partition coefficient (Wildman–Crippen LogP) is 1.16. The summed E-state index contributed by atoms with van der Waals surface area (Å²) in [7, 11) is 7.61. The van der Waals surface area contributed by atoms with Crippen LogP contribution in [0.1, 0.15) is 25.7 Å². The first-order chi connectivity index (χ1) is 14.9. The molecule has 164 valence electrons. The number of hydrogen-bond donors (Lipinski definition) is 0. The number of piperidine rings is 1. The van der Waals surface area contributed by atoms with Crippen molar-refractivity contribution in [2.45, 2.75) is 37.8 Å². The van der Waals surface area contributed by atoms with E-state index in [2.05, 4.69) is 30.9 Å². The maximum atomic E-state index is 12.8. The molecular weight excluding hydrogens is 394 g/mol. The minimum Gasteiger partial charge on any atom is -0.363 e. The van der Waals surface area contributed by atoms with E-state index in [4.69, 9.17) is 4.98 Å². The highest BCUT2D eigenvalue weighted by molar-refractivity contribution is 5.74. The summed E-state index contributed by atoms with van der Waals surface area (Å²) >= 11 is 0. The third-order valence-electron chi connectivity index (χ3n) is 6.29. The Morgan fingerprint density at radius 1 is 1.00 bits per heavy atom. The monoisotopic (exact) mass is 423 g/mol. The van der Waals surface area contributed by atoms with Gasteiger partial charge in [-0.05, 0) is 25.7 Å². The van der Waals surface area contributed by atoms with Gasteiger partial charge in [-0.1, -0.05) is 0 Å². The van der Waals surface area contributed by atoms with Gasteiger partial charge in [-0.25, -0.2) is 9.97 Å². The van der Waals surface area contributed by atoms with E-state index in [1.165, 1.54) is 12.8 Å². The average molecular weight is 424 g/mol. The van der Waals surface area contributed by atoms with Crippen molar-refractivity contribution in [3.05, 3.63) is 28.9 Å². The molecule has 1 saturated carbocycles. The lowest BCUT2D eigenvalue weighted by molar-refractivity contribution is 0.452. The number of anilines is 3. The van der Waals surface area contributed by atoms with Crippen molar-refractivity contribution in [1.82, 2.24) is 29.3 Å². The second-order valence-corrected chi connectivity index (χ2v) is 8.80. The molecule has 0 amide bonds. The van der Waals surface area contributed by atoms with E-state index in [1.54, 1.807) is 28.8 Å². The molecule has 0 spiro atoms. The summed E-state index contributed by atoms with van der Waals surface area (Å²) in [5.41, 5.74) is 0.464. The molecule has 2 fully saturated rings. The zero-order valence-electron chi connectivity index (χ0n) is 18.6. The van der Waals surface area contributed by atoms with Crippen molar-refractivity contribution in [2.75, 3.05) is 41.9 Å². The summed E-state index contributed by atoms with van der Waals surface area (Å²) in [6.45, 7) is 1.69. The fourth-order valence-corrected chi connectivity index (χ4v) is 4.53. The molecule has 0 unspecified atom stereocenters. The number of nitrogens with zero attached hydrogens (tertiary/aromatic N) is 9. The number of aromatic nitrogens is 6. The highest BCUT2D eigenvalue weighted by Gasteiger charge is 2.37. The van der Waals surface area contributed by atoms with Crippen LogP contribution < -0.4 is 20.3 Å². The lowest BCUT2D eigenvalue weighted by Gasteiger charge is -2.40. The molecule has 2 aliphatic rings. The van der Waals surface area contributed by atoms with Gasteiger partial charge in [0.1, 0.15) is 23.3 Å². The SMILES string of the molecule is CN(C)c1cc(N(C2CC2)C2CCN(c3nc4nn(C)cc4c(=O)n3C)CC2)ncn1. The van der Waals surface area contributed by atoms with Crippen LogP contribution in [0.25, 0.3) is 11.0 Å². The van der Waals surface area contributed by atoms with Gasteiger partial charge < -0.3 is 14.7 Å². The Labute approximate surface area is 181 Å². The van der Waals surface area contributed by atoms with Crippen molar-refractivity contribution in [1.29, 1.82) is 0 Å². The Hall–Kier alpha value is -3.17. The first-order valence-corrected chi connectivity index (χ1v) is 10.9. The molecule has 3 aromatic heterocycles. The molecule has 3 aromatic rings. The van der Waals surface area contributed by atoms with Crippen LogP contribution in [0.4, 0.5) is 17.6 Å². The minimum absolute atomic E-state index is 0.0490. The van der Waals surface area contributed by atoms with Crippen LogP contribution in [0, 0.1) is 0 Å². The van der Waals surface area contributed by atoms with Crippen LogP contribution in [-0.2, 0) is 14.1 Å². The Balaban J connectivity index is 1.37. The molecule has 5 rings (SSSR count). The first kappa shape index (κ1) is 19.8. The van der Waals surface area contributed by atoms with E-state index >= 15 is 0 Å². The van der Waals surface area contributed by atoms with Crippen molar-refractivity contribution in [2.24, 2.45) is 14.1 Å². The Kier molecular flexibility index (Phi) is 4.79. The maximum absolute atomic E-state index is 12.8. The number of aryl methyl sites for hydroxylation is 1. The third kappa shape index (κ3) is 3.60. The fraction of sp³-hybridized carbons (Fsp3) is 0.571. The quantitative estimate of drug-likeness (QED) is 0.604. The third-order valence-corrected chi connectivity index (χ3v) is 6.29. The van der Waals surface area contributed by atoms with Gasteiger partial charge in [-0.15, -0.1) is 0 Å². The molecule has 0 aromatic carbocycles. The Bertz CT molecular complexity index is 1160. The van der Waals surface area contributed by atoms with Crippen LogP contribution in [0.3, 0.4) is 0 Å². The van der Waals surface area contributed by atoms with Crippen molar-refractivity contribution in [3.63, 3.8) is 0 Å². The lowest BCUT2D eigenvalue weighted by Crippen LogP contribution is -2.47. The van der Waals surface area contributed by atoms with E-state index < -0.39 is 0 Å². The summed E-state index contributed by atoms with van der Waals surface area (Å²) in [6, 6.07) is 3.07. The Morgan fingerprint density at radius 3 is 2.35 bits per heavy atom. The zero-order chi connectivity index (χ0) is 21.7. The van der Waals surface area contributed by atoms with E-state index in [1.807, 2.05) is 26.0 Å². The van der Waals surface area contributed by atoms with E-state index in [9.17, 15) is 4.79 Å². The van der Waals surface area contributed by atoms with Gasteiger partial charge >= 0.3 is 0 Å². The number of fused-ring (bicyclic) bond motifs is 1. The van der Waals surface area contributed by atoms with Crippen LogP contribution in [0.5, 0.6) is 0 Å².